The lowest BCUT2D eigenvalue weighted by molar-refractivity contribution is -0.114. The summed E-state index contributed by atoms with van der Waals surface area (Å²) in [6, 6.07) is 4.93. The third-order valence-corrected chi connectivity index (χ3v) is 6.27. The number of fused-ring (bicyclic) bond motifs is 1. The largest absolute Gasteiger partial charge is 0.391 e. The summed E-state index contributed by atoms with van der Waals surface area (Å²) in [5.74, 6) is -0.733. The number of carbonyl (C=O) groups is 1. The summed E-state index contributed by atoms with van der Waals surface area (Å²) in [6.45, 7) is 5.44. The van der Waals surface area contributed by atoms with Crippen molar-refractivity contribution in [2.24, 2.45) is 0 Å². The molecule has 0 bridgehead atoms. The SMILES string of the molecule is C=C(C(=O)Nc1cnn2ccc(N3CCC[C@@H]3c3cc(F)ccc3F)nc12)N1CC[C@H](O)C1. The highest BCUT2D eigenvalue weighted by molar-refractivity contribution is 6.04. The average Bonchev–Trinajstić information content (AvgIpc) is 3.55. The highest BCUT2D eigenvalue weighted by Crippen LogP contribution is 2.37. The molecular formula is C23H24F2N6O2. The van der Waals surface area contributed by atoms with E-state index in [2.05, 4.69) is 22.0 Å². The fourth-order valence-electron chi connectivity index (χ4n) is 4.57. The first-order chi connectivity index (χ1) is 15.9. The zero-order chi connectivity index (χ0) is 23.1. The number of rotatable bonds is 5. The quantitative estimate of drug-likeness (QED) is 0.577. The second-order valence-corrected chi connectivity index (χ2v) is 8.42. The van der Waals surface area contributed by atoms with Gasteiger partial charge in [0.25, 0.3) is 5.91 Å². The standard InChI is InChI=1S/C23H24F2N6O2/c1-14(29-9-6-16(32)13-29)23(33)27-19-12-26-31-10-7-21(28-22(19)31)30-8-2-3-20(30)17-11-15(24)4-5-18(17)25/h4-5,7,10-12,16,20,32H,1-3,6,8-9,13H2,(H,27,33)/t16-,20+/m0/s1. The Morgan fingerprint density at radius 1 is 1.21 bits per heavy atom. The molecule has 33 heavy (non-hydrogen) atoms. The van der Waals surface area contributed by atoms with E-state index >= 15 is 0 Å². The molecule has 10 heteroatoms. The zero-order valence-electron chi connectivity index (χ0n) is 17.9. The first kappa shape index (κ1) is 21.3. The highest BCUT2D eigenvalue weighted by Gasteiger charge is 2.30. The summed E-state index contributed by atoms with van der Waals surface area (Å²) in [5.41, 5.74) is 1.42. The number of nitrogens with zero attached hydrogens (tertiary/aromatic N) is 5. The van der Waals surface area contributed by atoms with Crippen LogP contribution < -0.4 is 10.2 Å². The van der Waals surface area contributed by atoms with E-state index in [4.69, 9.17) is 0 Å². The lowest BCUT2D eigenvalue weighted by Gasteiger charge is -2.26. The number of aromatic nitrogens is 3. The minimum absolute atomic E-state index is 0.267. The third kappa shape index (κ3) is 4.02. The number of β-amino-alcohol motifs (C(OH)–C–C–N with tert-alkyl or cyclic N) is 1. The van der Waals surface area contributed by atoms with Gasteiger partial charge in [-0.2, -0.15) is 5.10 Å². The van der Waals surface area contributed by atoms with Crippen LogP contribution in [0.25, 0.3) is 5.65 Å². The van der Waals surface area contributed by atoms with E-state index in [-0.39, 0.29) is 11.7 Å². The molecule has 0 spiro atoms. The molecule has 2 fully saturated rings. The monoisotopic (exact) mass is 454 g/mol. The van der Waals surface area contributed by atoms with Crippen molar-refractivity contribution < 1.29 is 18.7 Å². The predicted octanol–water partition coefficient (Wildman–Crippen LogP) is 2.87. The van der Waals surface area contributed by atoms with Crippen LogP contribution in [0.4, 0.5) is 20.3 Å². The molecule has 2 N–H and O–H groups in total. The Balaban J connectivity index is 1.40. The van der Waals surface area contributed by atoms with Crippen molar-refractivity contribution in [1.29, 1.82) is 0 Å². The molecule has 2 aromatic heterocycles. The minimum atomic E-state index is -0.479. The number of likely N-dealkylation sites (tertiary alicyclic amines) is 1. The van der Waals surface area contributed by atoms with Gasteiger partial charge < -0.3 is 20.2 Å². The molecule has 0 radical (unpaired) electrons. The van der Waals surface area contributed by atoms with E-state index in [1.165, 1.54) is 16.8 Å². The van der Waals surface area contributed by atoms with Crippen LogP contribution in [-0.4, -0.2) is 56.2 Å². The number of benzene rings is 1. The number of aliphatic hydroxyl groups is 1. The van der Waals surface area contributed by atoms with Crippen LogP contribution in [0.15, 0.2) is 48.9 Å². The molecule has 2 aliphatic rings. The molecule has 0 saturated carbocycles. The van der Waals surface area contributed by atoms with E-state index in [0.29, 0.717) is 55.2 Å². The van der Waals surface area contributed by atoms with Gasteiger partial charge in [-0.25, -0.2) is 18.3 Å². The van der Waals surface area contributed by atoms with Gasteiger partial charge in [0.05, 0.1) is 24.0 Å². The highest BCUT2D eigenvalue weighted by atomic mass is 19.1. The zero-order valence-corrected chi connectivity index (χ0v) is 17.9. The van der Waals surface area contributed by atoms with Crippen LogP contribution in [0.5, 0.6) is 0 Å². The second-order valence-electron chi connectivity index (χ2n) is 8.42. The van der Waals surface area contributed by atoms with Crippen LogP contribution in [0.3, 0.4) is 0 Å². The molecule has 8 nitrogen and oxygen atoms in total. The van der Waals surface area contributed by atoms with E-state index in [1.807, 2.05) is 4.90 Å². The van der Waals surface area contributed by atoms with Crippen LogP contribution in [-0.2, 0) is 4.79 Å². The Hall–Kier alpha value is -3.53. The van der Waals surface area contributed by atoms with Gasteiger partial charge in [-0.3, -0.25) is 4.79 Å². The van der Waals surface area contributed by atoms with Crippen LogP contribution in [0.2, 0.25) is 0 Å². The Bertz CT molecular complexity index is 1230. The maximum absolute atomic E-state index is 14.4. The van der Waals surface area contributed by atoms with Gasteiger partial charge in [0.1, 0.15) is 23.1 Å². The Kier molecular flexibility index (Phi) is 5.45. The van der Waals surface area contributed by atoms with Crippen molar-refractivity contribution in [3.8, 4) is 0 Å². The summed E-state index contributed by atoms with van der Waals surface area (Å²) in [7, 11) is 0. The van der Waals surface area contributed by atoms with Crippen molar-refractivity contribution in [3.63, 3.8) is 0 Å². The number of hydrogen-bond acceptors (Lipinski definition) is 6. The molecular weight excluding hydrogens is 430 g/mol. The molecule has 0 aliphatic carbocycles. The third-order valence-electron chi connectivity index (χ3n) is 6.27. The lowest BCUT2D eigenvalue weighted by Crippen LogP contribution is -2.29. The fourth-order valence-corrected chi connectivity index (χ4v) is 4.57. The van der Waals surface area contributed by atoms with Crippen molar-refractivity contribution in [1.82, 2.24) is 19.5 Å². The molecule has 2 saturated heterocycles. The first-order valence-corrected chi connectivity index (χ1v) is 10.9. The maximum Gasteiger partial charge on any atom is 0.271 e. The van der Waals surface area contributed by atoms with Crippen LogP contribution >= 0.6 is 0 Å². The predicted molar refractivity (Wildman–Crippen MR) is 119 cm³/mol. The second kappa shape index (κ2) is 8.43. The summed E-state index contributed by atoms with van der Waals surface area (Å²) in [4.78, 5) is 21.1. The number of hydrogen-bond donors (Lipinski definition) is 2. The van der Waals surface area contributed by atoms with Crippen molar-refractivity contribution in [2.45, 2.75) is 31.4 Å². The number of anilines is 2. The van der Waals surface area contributed by atoms with Gasteiger partial charge in [-0.05, 0) is 43.5 Å². The molecule has 1 aromatic carbocycles. The van der Waals surface area contributed by atoms with Gasteiger partial charge in [-0.1, -0.05) is 6.58 Å². The molecule has 1 amide bonds. The molecule has 172 valence electrons. The van der Waals surface area contributed by atoms with Crippen LogP contribution in [0, 0.1) is 11.6 Å². The molecule has 4 heterocycles. The summed E-state index contributed by atoms with van der Waals surface area (Å²) < 4.78 is 29.8. The summed E-state index contributed by atoms with van der Waals surface area (Å²) in [6.07, 6.45) is 4.85. The van der Waals surface area contributed by atoms with Crippen molar-refractivity contribution >= 4 is 23.1 Å². The Morgan fingerprint density at radius 3 is 2.85 bits per heavy atom. The molecule has 3 aromatic rings. The van der Waals surface area contributed by atoms with Crippen LogP contribution in [0.1, 0.15) is 30.9 Å². The average molecular weight is 454 g/mol. The fraction of sp³-hybridized carbons (Fsp3) is 0.348. The molecule has 2 aliphatic heterocycles. The van der Waals surface area contributed by atoms with Gasteiger partial charge in [0, 0.05) is 31.4 Å². The number of carbonyl (C=O) groups excluding carboxylic acids is 1. The molecule has 5 rings (SSSR count). The van der Waals surface area contributed by atoms with Gasteiger partial charge in [-0.15, -0.1) is 0 Å². The maximum atomic E-state index is 14.4. The molecule has 2 atom stereocenters. The Labute approximate surface area is 189 Å². The van der Waals surface area contributed by atoms with Gasteiger partial charge in [0.15, 0.2) is 5.65 Å². The Morgan fingerprint density at radius 2 is 2.06 bits per heavy atom. The topological polar surface area (TPSA) is 86.0 Å². The van der Waals surface area contributed by atoms with Crippen molar-refractivity contribution in [3.05, 3.63) is 66.1 Å². The number of aliphatic hydroxyl groups excluding tert-OH is 1. The lowest BCUT2D eigenvalue weighted by atomic mass is 10.0. The van der Waals surface area contributed by atoms with Crippen molar-refractivity contribution in [2.75, 3.05) is 29.9 Å². The number of amides is 1. The van der Waals surface area contributed by atoms with Gasteiger partial charge >= 0.3 is 0 Å². The number of halogens is 2. The smallest absolute Gasteiger partial charge is 0.271 e. The van der Waals surface area contributed by atoms with E-state index in [0.717, 1.165) is 18.6 Å². The van der Waals surface area contributed by atoms with E-state index < -0.39 is 23.6 Å². The summed E-state index contributed by atoms with van der Waals surface area (Å²) in [5, 5.41) is 16.7. The normalized spacial score (nSPS) is 20.6. The number of nitrogens with one attached hydrogen (secondary N) is 1. The minimum Gasteiger partial charge on any atom is -0.391 e. The molecule has 0 unspecified atom stereocenters. The van der Waals surface area contributed by atoms with Gasteiger partial charge in [0.2, 0.25) is 0 Å². The van der Waals surface area contributed by atoms with E-state index in [1.54, 1.807) is 17.2 Å². The first-order valence-electron chi connectivity index (χ1n) is 10.9. The summed E-state index contributed by atoms with van der Waals surface area (Å²) >= 11 is 0. The van der Waals surface area contributed by atoms with E-state index in [9.17, 15) is 18.7 Å².